The van der Waals surface area contributed by atoms with Crippen molar-refractivity contribution < 1.29 is 13.2 Å². The summed E-state index contributed by atoms with van der Waals surface area (Å²) in [4.78, 5) is 0. The van der Waals surface area contributed by atoms with E-state index >= 15 is 0 Å². The maximum Gasteiger partial charge on any atom is 0.214 e. The first-order valence-corrected chi connectivity index (χ1v) is 9.39. The molecule has 0 unspecified atom stereocenters. The minimum atomic E-state index is -3.13. The summed E-state index contributed by atoms with van der Waals surface area (Å²) in [6.45, 7) is 1.09. The van der Waals surface area contributed by atoms with Crippen LogP contribution in [0.2, 0.25) is 0 Å². The summed E-state index contributed by atoms with van der Waals surface area (Å²) in [5.74, 6) is 0.199. The van der Waals surface area contributed by atoms with Gasteiger partial charge in [0.15, 0.2) is 0 Å². The third-order valence-corrected chi connectivity index (χ3v) is 5.75. The molecule has 0 amide bonds. The van der Waals surface area contributed by atoms with Gasteiger partial charge < -0.3 is 4.74 Å². The van der Waals surface area contributed by atoms with Gasteiger partial charge in [0.1, 0.15) is 0 Å². The van der Waals surface area contributed by atoms with E-state index in [2.05, 4.69) is 15.9 Å². The van der Waals surface area contributed by atoms with E-state index in [-0.39, 0.29) is 11.8 Å². The van der Waals surface area contributed by atoms with E-state index in [4.69, 9.17) is 4.74 Å². The first kappa shape index (κ1) is 16.4. The van der Waals surface area contributed by atoms with Gasteiger partial charge in [0, 0.05) is 31.6 Å². The van der Waals surface area contributed by atoms with E-state index in [1.54, 1.807) is 11.4 Å². The lowest BCUT2D eigenvalue weighted by molar-refractivity contribution is 0.198. The van der Waals surface area contributed by atoms with Crippen LogP contribution in [0.4, 0.5) is 0 Å². The number of nitrogens with zero attached hydrogens (tertiary/aromatic N) is 1. The van der Waals surface area contributed by atoms with Crippen molar-refractivity contribution in [1.29, 1.82) is 0 Å². The molecule has 1 saturated carbocycles. The van der Waals surface area contributed by atoms with Crippen LogP contribution in [0.5, 0.6) is 0 Å². The van der Waals surface area contributed by atoms with Crippen LogP contribution in [0.15, 0.2) is 0 Å². The highest BCUT2D eigenvalue weighted by Gasteiger charge is 2.29. The van der Waals surface area contributed by atoms with Crippen LogP contribution in [0.1, 0.15) is 38.5 Å². The zero-order valence-corrected chi connectivity index (χ0v) is 13.5. The van der Waals surface area contributed by atoms with Crippen molar-refractivity contribution in [1.82, 2.24) is 4.31 Å². The Morgan fingerprint density at radius 3 is 2.50 bits per heavy atom. The Labute approximate surface area is 119 Å². The van der Waals surface area contributed by atoms with E-state index < -0.39 is 10.0 Å². The second kappa shape index (κ2) is 8.51. The second-order valence-electron chi connectivity index (χ2n) is 4.75. The van der Waals surface area contributed by atoms with Crippen molar-refractivity contribution in [3.63, 3.8) is 0 Å². The van der Waals surface area contributed by atoms with Crippen molar-refractivity contribution in [3.05, 3.63) is 0 Å². The van der Waals surface area contributed by atoms with Crippen LogP contribution in [0.3, 0.4) is 0 Å². The monoisotopic (exact) mass is 341 g/mol. The van der Waals surface area contributed by atoms with Crippen molar-refractivity contribution in [2.75, 3.05) is 31.3 Å². The average Bonchev–Trinajstić information content (AvgIpc) is 2.37. The van der Waals surface area contributed by atoms with Gasteiger partial charge in [0.05, 0.1) is 5.75 Å². The molecule has 18 heavy (non-hydrogen) atoms. The topological polar surface area (TPSA) is 46.6 Å². The second-order valence-corrected chi connectivity index (χ2v) is 7.59. The van der Waals surface area contributed by atoms with Gasteiger partial charge in [-0.3, -0.25) is 0 Å². The van der Waals surface area contributed by atoms with Crippen molar-refractivity contribution >= 4 is 26.0 Å². The zero-order chi connectivity index (χ0) is 13.4. The molecule has 0 saturated heterocycles. The highest BCUT2D eigenvalue weighted by atomic mass is 79.9. The summed E-state index contributed by atoms with van der Waals surface area (Å²) in [5, 5.41) is 0.701. The molecule has 0 aromatic rings. The predicted molar refractivity (Wildman–Crippen MR) is 77.7 cm³/mol. The molecule has 108 valence electrons. The summed E-state index contributed by atoms with van der Waals surface area (Å²) in [7, 11) is -1.53. The summed E-state index contributed by atoms with van der Waals surface area (Å²) in [5.41, 5.74) is 0. The first-order valence-electron chi connectivity index (χ1n) is 6.66. The Morgan fingerprint density at radius 1 is 1.28 bits per heavy atom. The van der Waals surface area contributed by atoms with E-state index in [9.17, 15) is 8.42 Å². The van der Waals surface area contributed by atoms with E-state index in [0.29, 0.717) is 24.9 Å². The largest absolute Gasteiger partial charge is 0.385 e. The van der Waals surface area contributed by atoms with Crippen LogP contribution in [-0.4, -0.2) is 50.1 Å². The van der Waals surface area contributed by atoms with Gasteiger partial charge in [-0.1, -0.05) is 35.2 Å². The van der Waals surface area contributed by atoms with Crippen LogP contribution in [0.25, 0.3) is 0 Å². The minimum absolute atomic E-state index is 0.199. The van der Waals surface area contributed by atoms with Gasteiger partial charge in [0.2, 0.25) is 10.0 Å². The molecule has 0 bridgehead atoms. The normalized spacial score (nSPS) is 18.4. The average molecular weight is 342 g/mol. The molecule has 0 spiro atoms. The maximum absolute atomic E-state index is 12.3. The number of halogens is 1. The molecule has 0 radical (unpaired) electrons. The minimum Gasteiger partial charge on any atom is -0.385 e. The van der Waals surface area contributed by atoms with Crippen LogP contribution in [-0.2, 0) is 14.8 Å². The lowest BCUT2D eigenvalue weighted by atomic mass is 9.95. The van der Waals surface area contributed by atoms with Gasteiger partial charge in [-0.05, 0) is 19.3 Å². The lowest BCUT2D eigenvalue weighted by Gasteiger charge is -2.33. The van der Waals surface area contributed by atoms with Gasteiger partial charge in [-0.2, -0.15) is 4.31 Å². The summed E-state index contributed by atoms with van der Waals surface area (Å²) in [6, 6.07) is 0.212. The number of hydrogen-bond donors (Lipinski definition) is 0. The number of hydrogen-bond acceptors (Lipinski definition) is 3. The molecular weight excluding hydrogens is 318 g/mol. The summed E-state index contributed by atoms with van der Waals surface area (Å²) in [6.07, 6.45) is 6.13. The standard InChI is InChI=1S/C12H24BrNO3S/c1-17-10-5-11-18(15,16)14(9-8-13)12-6-3-2-4-7-12/h12H,2-11H2,1H3. The van der Waals surface area contributed by atoms with Crippen LogP contribution < -0.4 is 0 Å². The van der Waals surface area contributed by atoms with Gasteiger partial charge >= 0.3 is 0 Å². The number of methoxy groups -OCH3 is 1. The number of ether oxygens (including phenoxy) is 1. The third-order valence-electron chi connectivity index (χ3n) is 3.39. The third kappa shape index (κ3) is 5.15. The first-order chi connectivity index (χ1) is 8.61. The smallest absolute Gasteiger partial charge is 0.214 e. The van der Waals surface area contributed by atoms with Gasteiger partial charge in [0.25, 0.3) is 0 Å². The Morgan fingerprint density at radius 2 is 1.94 bits per heavy atom. The Balaban J connectivity index is 2.63. The molecule has 1 aliphatic carbocycles. The number of rotatable bonds is 8. The fourth-order valence-corrected chi connectivity index (χ4v) is 4.87. The van der Waals surface area contributed by atoms with E-state index in [0.717, 1.165) is 25.7 Å². The molecule has 0 N–H and O–H groups in total. The SMILES string of the molecule is COCCCS(=O)(=O)N(CCBr)C1CCCCC1. The molecule has 4 nitrogen and oxygen atoms in total. The molecule has 0 heterocycles. The number of sulfonamides is 1. The highest BCUT2D eigenvalue weighted by molar-refractivity contribution is 9.09. The lowest BCUT2D eigenvalue weighted by Crippen LogP contribution is -2.43. The van der Waals surface area contributed by atoms with Crippen molar-refractivity contribution in [3.8, 4) is 0 Å². The predicted octanol–water partition coefficient (Wildman–Crippen LogP) is 2.38. The zero-order valence-electron chi connectivity index (χ0n) is 11.1. The molecule has 0 aromatic carbocycles. The molecule has 1 fully saturated rings. The molecule has 0 aliphatic heterocycles. The molecular formula is C12H24BrNO3S. The quantitative estimate of drug-likeness (QED) is 0.503. The van der Waals surface area contributed by atoms with E-state index in [1.807, 2.05) is 0 Å². The van der Waals surface area contributed by atoms with Crippen LogP contribution in [0, 0.1) is 0 Å². The summed E-state index contributed by atoms with van der Waals surface area (Å²) >= 11 is 3.36. The molecule has 1 rings (SSSR count). The van der Waals surface area contributed by atoms with Crippen molar-refractivity contribution in [2.45, 2.75) is 44.6 Å². The van der Waals surface area contributed by atoms with Gasteiger partial charge in [-0.25, -0.2) is 8.42 Å². The highest BCUT2D eigenvalue weighted by Crippen LogP contribution is 2.25. The molecule has 6 heteroatoms. The fraction of sp³-hybridized carbons (Fsp3) is 1.00. The summed E-state index contributed by atoms with van der Waals surface area (Å²) < 4.78 is 31.3. The molecule has 1 aliphatic rings. The Hall–Kier alpha value is 0.350. The van der Waals surface area contributed by atoms with Crippen molar-refractivity contribution in [2.24, 2.45) is 0 Å². The Bertz CT molecular complexity index is 315. The molecule has 0 atom stereocenters. The Kier molecular flexibility index (Phi) is 7.75. The van der Waals surface area contributed by atoms with Crippen LogP contribution >= 0.6 is 15.9 Å². The fourth-order valence-electron chi connectivity index (χ4n) is 2.50. The van der Waals surface area contributed by atoms with E-state index in [1.165, 1.54) is 6.42 Å². The number of alkyl halides is 1. The van der Waals surface area contributed by atoms with Gasteiger partial charge in [-0.15, -0.1) is 0 Å². The molecule has 0 aromatic heterocycles. The maximum atomic E-state index is 12.3.